The summed E-state index contributed by atoms with van der Waals surface area (Å²) in [5.74, 6) is 0.799. The average molecular weight is 348 g/mol. The van der Waals surface area contributed by atoms with Crippen LogP contribution in [0.25, 0.3) is 16.8 Å². The van der Waals surface area contributed by atoms with E-state index in [1.807, 2.05) is 32.0 Å². The van der Waals surface area contributed by atoms with Gasteiger partial charge in [-0.2, -0.15) is 9.61 Å². The summed E-state index contributed by atoms with van der Waals surface area (Å²) in [6, 6.07) is 7.38. The Balaban J connectivity index is 2.37. The van der Waals surface area contributed by atoms with Gasteiger partial charge >= 0.3 is 0 Å². The van der Waals surface area contributed by atoms with Crippen molar-refractivity contribution in [1.29, 1.82) is 0 Å². The van der Waals surface area contributed by atoms with Crippen molar-refractivity contribution in [2.45, 2.75) is 13.8 Å². The van der Waals surface area contributed by atoms with Crippen molar-refractivity contribution in [3.05, 3.63) is 40.1 Å². The van der Waals surface area contributed by atoms with Crippen LogP contribution in [-0.4, -0.2) is 26.8 Å². The van der Waals surface area contributed by atoms with Gasteiger partial charge in [-0.15, -0.1) is 0 Å². The molecule has 21 heavy (non-hydrogen) atoms. The molecule has 0 spiro atoms. The summed E-state index contributed by atoms with van der Waals surface area (Å²) in [5, 5.41) is 14.4. The quantitative estimate of drug-likeness (QED) is 0.770. The first-order chi connectivity index (χ1) is 10.0. The molecule has 0 aliphatic carbocycles. The molecule has 0 amide bonds. The molecule has 1 N–H and O–H groups in total. The number of ether oxygens (including phenoxy) is 1. The lowest BCUT2D eigenvalue weighted by atomic mass is 10.1. The van der Waals surface area contributed by atoms with Gasteiger partial charge in [0, 0.05) is 21.8 Å². The van der Waals surface area contributed by atoms with Crippen molar-refractivity contribution in [1.82, 2.24) is 14.6 Å². The number of hydrogen-bond donors (Lipinski definition) is 1. The zero-order valence-electron chi connectivity index (χ0n) is 11.9. The van der Waals surface area contributed by atoms with E-state index in [-0.39, 0.29) is 5.88 Å². The number of methoxy groups -OCH3 is 1. The molecule has 0 saturated carbocycles. The van der Waals surface area contributed by atoms with Gasteiger partial charge in [-0.3, -0.25) is 0 Å². The predicted molar refractivity (Wildman–Crippen MR) is 83.8 cm³/mol. The Morgan fingerprint density at radius 1 is 1.24 bits per heavy atom. The molecule has 0 saturated heterocycles. The van der Waals surface area contributed by atoms with Crippen LogP contribution in [0.4, 0.5) is 0 Å². The van der Waals surface area contributed by atoms with Gasteiger partial charge in [0.15, 0.2) is 5.65 Å². The molecule has 5 nitrogen and oxygen atoms in total. The summed E-state index contributed by atoms with van der Waals surface area (Å²) < 4.78 is 7.84. The molecule has 6 heteroatoms. The molecule has 0 aliphatic rings. The lowest BCUT2D eigenvalue weighted by Crippen LogP contribution is -1.94. The molecule has 2 aromatic heterocycles. The molecule has 108 valence electrons. The van der Waals surface area contributed by atoms with E-state index in [1.165, 1.54) is 4.52 Å². The van der Waals surface area contributed by atoms with Gasteiger partial charge in [-0.25, -0.2) is 4.98 Å². The van der Waals surface area contributed by atoms with Crippen LogP contribution in [0, 0.1) is 13.8 Å². The normalized spacial score (nSPS) is 11.0. The van der Waals surface area contributed by atoms with E-state index in [0.29, 0.717) is 5.65 Å². The Bertz CT molecular complexity index is 843. The zero-order valence-corrected chi connectivity index (χ0v) is 13.5. The lowest BCUT2D eigenvalue weighted by molar-refractivity contribution is 0.416. The molecule has 0 unspecified atom stereocenters. The Morgan fingerprint density at radius 3 is 2.71 bits per heavy atom. The topological polar surface area (TPSA) is 59.7 Å². The molecule has 0 fully saturated rings. The lowest BCUT2D eigenvalue weighted by Gasteiger charge is -2.09. The van der Waals surface area contributed by atoms with Crippen LogP contribution in [0.5, 0.6) is 11.6 Å². The first kappa shape index (κ1) is 13.9. The number of aromatic hydroxyl groups is 1. The average Bonchev–Trinajstić information content (AvgIpc) is 2.75. The van der Waals surface area contributed by atoms with E-state index in [0.717, 1.165) is 32.7 Å². The van der Waals surface area contributed by atoms with Crippen molar-refractivity contribution < 1.29 is 9.84 Å². The SMILES string of the molecule is COc1cc(Br)ccc1-c1c(C)nn2c(O)cc(C)nc12. The third-order valence-corrected chi connectivity index (χ3v) is 3.80. The number of nitrogens with zero attached hydrogens (tertiary/aromatic N) is 3. The number of fused-ring (bicyclic) bond motifs is 1. The smallest absolute Gasteiger partial charge is 0.215 e. The minimum absolute atomic E-state index is 0.0722. The standard InChI is InChI=1S/C15H14BrN3O2/c1-8-6-13(20)19-15(17-8)14(9(2)18-19)11-5-4-10(16)7-12(11)21-3/h4-7,20H,1-3H3. The molecule has 0 radical (unpaired) electrons. The number of halogens is 1. The molecule has 2 heterocycles. The largest absolute Gasteiger partial charge is 0.496 e. The van der Waals surface area contributed by atoms with Crippen molar-refractivity contribution in [2.24, 2.45) is 0 Å². The Labute approximate surface area is 130 Å². The molecule has 0 bridgehead atoms. The molecule has 0 atom stereocenters. The van der Waals surface area contributed by atoms with E-state index in [4.69, 9.17) is 4.74 Å². The first-order valence-corrected chi connectivity index (χ1v) is 7.20. The van der Waals surface area contributed by atoms with Crippen LogP contribution >= 0.6 is 15.9 Å². The van der Waals surface area contributed by atoms with Gasteiger partial charge in [-0.05, 0) is 32.0 Å². The van der Waals surface area contributed by atoms with E-state index in [9.17, 15) is 5.11 Å². The van der Waals surface area contributed by atoms with Crippen LogP contribution in [0.15, 0.2) is 28.7 Å². The second kappa shape index (κ2) is 5.04. The fourth-order valence-electron chi connectivity index (χ4n) is 2.41. The van der Waals surface area contributed by atoms with Crippen molar-refractivity contribution >= 4 is 21.6 Å². The van der Waals surface area contributed by atoms with Crippen LogP contribution in [-0.2, 0) is 0 Å². The molecular weight excluding hydrogens is 334 g/mol. The highest BCUT2D eigenvalue weighted by Crippen LogP contribution is 2.37. The molecule has 0 aliphatic heterocycles. The van der Waals surface area contributed by atoms with Crippen molar-refractivity contribution in [2.75, 3.05) is 7.11 Å². The maximum atomic E-state index is 10.0. The summed E-state index contributed by atoms with van der Waals surface area (Å²) in [7, 11) is 1.63. The summed E-state index contributed by atoms with van der Waals surface area (Å²) in [6.07, 6.45) is 0. The van der Waals surface area contributed by atoms with Gasteiger partial charge in [0.1, 0.15) is 5.75 Å². The molecule has 1 aromatic carbocycles. The summed E-state index contributed by atoms with van der Waals surface area (Å²) in [4.78, 5) is 4.50. The van der Waals surface area contributed by atoms with Crippen LogP contribution in [0.2, 0.25) is 0 Å². The third-order valence-electron chi connectivity index (χ3n) is 3.31. The number of aryl methyl sites for hydroxylation is 2. The third kappa shape index (κ3) is 2.25. The monoisotopic (exact) mass is 347 g/mol. The fraction of sp³-hybridized carbons (Fsp3) is 0.200. The van der Waals surface area contributed by atoms with Crippen LogP contribution in [0.3, 0.4) is 0 Å². The Hall–Kier alpha value is -2.08. The second-order valence-corrected chi connectivity index (χ2v) is 5.71. The van der Waals surface area contributed by atoms with Gasteiger partial charge < -0.3 is 9.84 Å². The molecule has 3 aromatic rings. The zero-order chi connectivity index (χ0) is 15.1. The maximum Gasteiger partial charge on any atom is 0.215 e. The van der Waals surface area contributed by atoms with E-state index in [2.05, 4.69) is 26.0 Å². The highest BCUT2D eigenvalue weighted by atomic mass is 79.9. The fourth-order valence-corrected chi connectivity index (χ4v) is 2.75. The Morgan fingerprint density at radius 2 is 2.00 bits per heavy atom. The van der Waals surface area contributed by atoms with Gasteiger partial charge in [0.2, 0.25) is 5.88 Å². The minimum Gasteiger partial charge on any atom is -0.496 e. The highest BCUT2D eigenvalue weighted by molar-refractivity contribution is 9.10. The highest BCUT2D eigenvalue weighted by Gasteiger charge is 2.18. The predicted octanol–water partition coefficient (Wildman–Crippen LogP) is 3.49. The maximum absolute atomic E-state index is 10.0. The van der Waals surface area contributed by atoms with Gasteiger partial charge in [0.25, 0.3) is 0 Å². The summed E-state index contributed by atoms with van der Waals surface area (Å²) >= 11 is 3.44. The second-order valence-electron chi connectivity index (χ2n) is 4.80. The van der Waals surface area contributed by atoms with Gasteiger partial charge in [-0.1, -0.05) is 15.9 Å². The Kier molecular flexibility index (Phi) is 3.33. The number of hydrogen-bond acceptors (Lipinski definition) is 4. The van der Waals surface area contributed by atoms with Crippen LogP contribution < -0.4 is 4.74 Å². The van der Waals surface area contributed by atoms with Crippen molar-refractivity contribution in [3.63, 3.8) is 0 Å². The number of benzene rings is 1. The first-order valence-electron chi connectivity index (χ1n) is 6.41. The number of aromatic nitrogens is 3. The van der Waals surface area contributed by atoms with E-state index < -0.39 is 0 Å². The molecule has 3 rings (SSSR count). The number of rotatable bonds is 2. The van der Waals surface area contributed by atoms with E-state index >= 15 is 0 Å². The van der Waals surface area contributed by atoms with Crippen LogP contribution in [0.1, 0.15) is 11.4 Å². The van der Waals surface area contributed by atoms with Crippen molar-refractivity contribution in [3.8, 4) is 22.8 Å². The summed E-state index contributed by atoms with van der Waals surface area (Å²) in [6.45, 7) is 3.73. The summed E-state index contributed by atoms with van der Waals surface area (Å²) in [5.41, 5.74) is 3.89. The van der Waals surface area contributed by atoms with E-state index in [1.54, 1.807) is 13.2 Å². The molecular formula is C15H14BrN3O2. The minimum atomic E-state index is 0.0722. The van der Waals surface area contributed by atoms with Gasteiger partial charge in [0.05, 0.1) is 18.4 Å².